The predicted octanol–water partition coefficient (Wildman–Crippen LogP) is 2.96. The van der Waals surface area contributed by atoms with Crippen LogP contribution in [0, 0.1) is 0 Å². The minimum atomic E-state index is -0.319. The minimum Gasteiger partial charge on any atom is -0.493 e. The molecule has 1 aromatic carbocycles. The molecule has 0 bridgehead atoms. The third-order valence-electron chi connectivity index (χ3n) is 4.05. The van der Waals surface area contributed by atoms with Gasteiger partial charge in [0, 0.05) is 12.6 Å². The smallest absolute Gasteiger partial charge is 0.290 e. The monoisotopic (exact) mass is 435 g/mol. The van der Waals surface area contributed by atoms with Crippen molar-refractivity contribution in [3.05, 3.63) is 50.9 Å². The fraction of sp³-hybridized carbons (Fsp3) is 0.278. The fourth-order valence-electron chi connectivity index (χ4n) is 2.68. The topological polar surface area (TPSA) is 97.7 Å². The van der Waals surface area contributed by atoms with Crippen molar-refractivity contribution in [1.29, 1.82) is 0 Å². The van der Waals surface area contributed by atoms with Crippen molar-refractivity contribution < 1.29 is 18.7 Å². The number of methoxy groups -OCH3 is 2. The van der Waals surface area contributed by atoms with E-state index in [1.807, 2.05) is 6.92 Å². The van der Waals surface area contributed by atoms with E-state index in [-0.39, 0.29) is 23.8 Å². The van der Waals surface area contributed by atoms with Crippen molar-refractivity contribution in [3.8, 4) is 11.5 Å². The molecule has 0 aliphatic rings. The molecule has 3 rings (SSSR count). The van der Waals surface area contributed by atoms with Gasteiger partial charge in [0.05, 0.1) is 31.7 Å². The second kappa shape index (κ2) is 7.83. The van der Waals surface area contributed by atoms with Gasteiger partial charge in [-0.25, -0.2) is 4.98 Å². The Balaban J connectivity index is 1.96. The highest BCUT2D eigenvalue weighted by Gasteiger charge is 2.20. The van der Waals surface area contributed by atoms with Crippen LogP contribution in [-0.2, 0) is 6.54 Å². The maximum absolute atomic E-state index is 12.6. The lowest BCUT2D eigenvalue weighted by molar-refractivity contribution is 0.0715. The standard InChI is InChI=1S/C18H18BrN3O5/c1-4-22(18(24)12-5-6-15(19)27-12)9-16-20-11-8-14(26-3)13(25-2)7-10(11)17(23)21-16/h5-8H,4,9H2,1-3H3,(H,20,21,23). The minimum absolute atomic E-state index is 0.132. The summed E-state index contributed by atoms with van der Waals surface area (Å²) in [5, 5.41) is 0.376. The molecule has 0 fully saturated rings. The summed E-state index contributed by atoms with van der Waals surface area (Å²) in [6.45, 7) is 2.39. The van der Waals surface area contributed by atoms with Crippen LogP contribution in [0.4, 0.5) is 0 Å². The number of nitrogens with zero attached hydrogens (tertiary/aromatic N) is 2. The normalized spacial score (nSPS) is 10.8. The maximum Gasteiger partial charge on any atom is 0.290 e. The summed E-state index contributed by atoms with van der Waals surface area (Å²) < 4.78 is 16.3. The first kappa shape index (κ1) is 19.0. The summed E-state index contributed by atoms with van der Waals surface area (Å²) in [7, 11) is 3.01. The molecular formula is C18H18BrN3O5. The number of aromatic amines is 1. The van der Waals surface area contributed by atoms with Crippen LogP contribution in [0.3, 0.4) is 0 Å². The van der Waals surface area contributed by atoms with Gasteiger partial charge in [-0.3, -0.25) is 9.59 Å². The predicted molar refractivity (Wildman–Crippen MR) is 102 cm³/mol. The molecule has 0 aliphatic carbocycles. The van der Waals surface area contributed by atoms with E-state index in [2.05, 4.69) is 25.9 Å². The summed E-state index contributed by atoms with van der Waals surface area (Å²) in [4.78, 5) is 33.7. The first-order chi connectivity index (χ1) is 13.0. The van der Waals surface area contributed by atoms with Crippen LogP contribution in [0.1, 0.15) is 23.3 Å². The third kappa shape index (κ3) is 3.82. The van der Waals surface area contributed by atoms with E-state index >= 15 is 0 Å². The van der Waals surface area contributed by atoms with E-state index in [9.17, 15) is 9.59 Å². The Kier molecular flexibility index (Phi) is 5.50. The Bertz CT molecular complexity index is 1040. The number of carbonyl (C=O) groups excluding carboxylic acids is 1. The number of rotatable bonds is 6. The zero-order chi connectivity index (χ0) is 19.6. The molecule has 1 N–H and O–H groups in total. The van der Waals surface area contributed by atoms with Gasteiger partial charge in [-0.15, -0.1) is 0 Å². The number of H-pyrrole nitrogens is 1. The molecule has 8 nitrogen and oxygen atoms in total. The van der Waals surface area contributed by atoms with Gasteiger partial charge in [-0.05, 0) is 41.1 Å². The van der Waals surface area contributed by atoms with Gasteiger partial charge in [0.1, 0.15) is 5.82 Å². The summed E-state index contributed by atoms with van der Waals surface area (Å²) in [6.07, 6.45) is 0. The number of amides is 1. The number of carbonyl (C=O) groups is 1. The molecule has 0 radical (unpaired) electrons. The summed E-state index contributed by atoms with van der Waals surface area (Å²) in [5.41, 5.74) is 0.135. The van der Waals surface area contributed by atoms with E-state index in [1.54, 1.807) is 24.3 Å². The zero-order valence-electron chi connectivity index (χ0n) is 15.0. The lowest BCUT2D eigenvalue weighted by Gasteiger charge is -2.19. The number of aromatic nitrogens is 2. The van der Waals surface area contributed by atoms with E-state index in [0.29, 0.717) is 39.4 Å². The van der Waals surface area contributed by atoms with E-state index in [1.165, 1.54) is 19.1 Å². The van der Waals surface area contributed by atoms with Gasteiger partial charge < -0.3 is 23.8 Å². The molecule has 0 saturated heterocycles. The second-order valence-corrected chi connectivity index (χ2v) is 6.44. The van der Waals surface area contributed by atoms with E-state index in [4.69, 9.17) is 13.9 Å². The van der Waals surface area contributed by atoms with Crippen molar-refractivity contribution in [2.24, 2.45) is 0 Å². The molecule has 1 amide bonds. The lowest BCUT2D eigenvalue weighted by Crippen LogP contribution is -2.31. The molecule has 0 atom stereocenters. The molecular weight excluding hydrogens is 418 g/mol. The molecule has 0 spiro atoms. The highest BCUT2D eigenvalue weighted by Crippen LogP contribution is 2.30. The Morgan fingerprint density at radius 1 is 1.26 bits per heavy atom. The lowest BCUT2D eigenvalue weighted by atomic mass is 10.2. The number of nitrogens with one attached hydrogen (secondary N) is 1. The van der Waals surface area contributed by atoms with Gasteiger partial charge in [0.25, 0.3) is 11.5 Å². The number of halogens is 1. The van der Waals surface area contributed by atoms with Gasteiger partial charge in [-0.2, -0.15) is 0 Å². The van der Waals surface area contributed by atoms with Crippen molar-refractivity contribution in [1.82, 2.24) is 14.9 Å². The maximum atomic E-state index is 12.6. The van der Waals surface area contributed by atoms with E-state index < -0.39 is 0 Å². The number of furan rings is 1. The highest BCUT2D eigenvalue weighted by atomic mass is 79.9. The molecule has 0 saturated carbocycles. The van der Waals surface area contributed by atoms with Gasteiger partial charge in [-0.1, -0.05) is 0 Å². The van der Waals surface area contributed by atoms with Gasteiger partial charge >= 0.3 is 0 Å². The van der Waals surface area contributed by atoms with Crippen LogP contribution in [0.5, 0.6) is 11.5 Å². The summed E-state index contributed by atoms with van der Waals surface area (Å²) in [5.74, 6) is 1.19. The van der Waals surface area contributed by atoms with Crippen LogP contribution in [0.25, 0.3) is 10.9 Å². The first-order valence-electron chi connectivity index (χ1n) is 8.16. The van der Waals surface area contributed by atoms with Crippen LogP contribution < -0.4 is 15.0 Å². The van der Waals surface area contributed by atoms with Crippen LogP contribution >= 0.6 is 15.9 Å². The number of hydrogen-bond acceptors (Lipinski definition) is 6. The molecule has 0 aliphatic heterocycles. The average Bonchev–Trinajstić information content (AvgIpc) is 3.10. The van der Waals surface area contributed by atoms with Crippen molar-refractivity contribution >= 4 is 32.7 Å². The van der Waals surface area contributed by atoms with Crippen LogP contribution in [0.15, 0.2) is 38.1 Å². The molecule has 9 heteroatoms. The number of fused-ring (bicyclic) bond motifs is 1. The Hall–Kier alpha value is -2.81. The van der Waals surface area contributed by atoms with Crippen molar-refractivity contribution in [3.63, 3.8) is 0 Å². The van der Waals surface area contributed by atoms with E-state index in [0.717, 1.165) is 0 Å². The van der Waals surface area contributed by atoms with Crippen molar-refractivity contribution in [2.45, 2.75) is 13.5 Å². The largest absolute Gasteiger partial charge is 0.493 e. The third-order valence-corrected chi connectivity index (χ3v) is 4.48. The number of benzene rings is 1. The van der Waals surface area contributed by atoms with Gasteiger partial charge in [0.15, 0.2) is 21.9 Å². The first-order valence-corrected chi connectivity index (χ1v) is 8.95. The quantitative estimate of drug-likeness (QED) is 0.638. The number of hydrogen-bond donors (Lipinski definition) is 1. The second-order valence-electron chi connectivity index (χ2n) is 5.66. The average molecular weight is 436 g/mol. The molecule has 2 aromatic heterocycles. The van der Waals surface area contributed by atoms with Crippen LogP contribution in [0.2, 0.25) is 0 Å². The molecule has 27 heavy (non-hydrogen) atoms. The highest BCUT2D eigenvalue weighted by molar-refractivity contribution is 9.10. The molecule has 142 valence electrons. The molecule has 2 heterocycles. The summed E-state index contributed by atoms with van der Waals surface area (Å²) in [6, 6.07) is 6.45. The molecule has 0 unspecified atom stereocenters. The van der Waals surface area contributed by atoms with Gasteiger partial charge in [0.2, 0.25) is 0 Å². The zero-order valence-corrected chi connectivity index (χ0v) is 16.6. The Labute approximate surface area is 163 Å². The van der Waals surface area contributed by atoms with Crippen LogP contribution in [-0.4, -0.2) is 41.5 Å². The van der Waals surface area contributed by atoms with Crippen molar-refractivity contribution in [2.75, 3.05) is 20.8 Å². The Morgan fingerprint density at radius 2 is 1.96 bits per heavy atom. The summed E-state index contributed by atoms with van der Waals surface area (Å²) >= 11 is 3.18. The Morgan fingerprint density at radius 3 is 2.56 bits per heavy atom. The fourth-order valence-corrected chi connectivity index (χ4v) is 2.99. The molecule has 3 aromatic rings. The SMILES string of the molecule is CCN(Cc1nc2cc(OC)c(OC)cc2c(=O)[nH]1)C(=O)c1ccc(Br)o1. The number of ether oxygens (including phenoxy) is 2.